The van der Waals surface area contributed by atoms with Crippen molar-refractivity contribution in [2.24, 2.45) is 0 Å². The topological polar surface area (TPSA) is 82.7 Å². The van der Waals surface area contributed by atoms with Crippen LogP contribution in [0.15, 0.2) is 24.3 Å². The fraction of sp³-hybridized carbons (Fsp3) is 0.500. The molecule has 1 saturated heterocycles. The van der Waals surface area contributed by atoms with Gasteiger partial charge in [0.2, 0.25) is 0 Å². The Morgan fingerprint density at radius 3 is 2.85 bits per heavy atom. The van der Waals surface area contributed by atoms with Crippen LogP contribution in [-0.2, 0) is 0 Å². The third-order valence-electron chi connectivity index (χ3n) is 4.86. The predicted molar refractivity (Wildman–Crippen MR) is 103 cm³/mol. The van der Waals surface area contributed by atoms with Crippen molar-refractivity contribution in [3.8, 4) is 0 Å². The van der Waals surface area contributed by atoms with Crippen LogP contribution in [0.4, 0.5) is 11.4 Å². The number of nitro benzene ring substituents is 1. The van der Waals surface area contributed by atoms with E-state index in [4.69, 9.17) is 11.6 Å². The van der Waals surface area contributed by atoms with Gasteiger partial charge in [-0.05, 0) is 31.5 Å². The normalized spacial score (nSPS) is 19.7. The number of benzene rings is 1. The lowest BCUT2D eigenvalue weighted by atomic mass is 10.1. The van der Waals surface area contributed by atoms with Gasteiger partial charge in [-0.2, -0.15) is 0 Å². The minimum atomic E-state index is -0.388. The largest absolute Gasteiger partial charge is 0.392 e. The van der Waals surface area contributed by atoms with Gasteiger partial charge in [0.05, 0.1) is 16.5 Å². The second-order valence-corrected chi connectivity index (χ2v) is 7.16. The molecule has 2 aromatic rings. The molecule has 1 aliphatic rings. The third kappa shape index (κ3) is 3.90. The summed E-state index contributed by atoms with van der Waals surface area (Å²) in [6.45, 7) is 6.63. The van der Waals surface area contributed by atoms with Crippen LogP contribution in [0.2, 0.25) is 5.15 Å². The van der Waals surface area contributed by atoms with Crippen molar-refractivity contribution in [2.45, 2.75) is 32.4 Å². The summed E-state index contributed by atoms with van der Waals surface area (Å²) in [5.41, 5.74) is 1.18. The molecule has 1 aliphatic heterocycles. The number of piperazine rings is 1. The van der Waals surface area contributed by atoms with Crippen LogP contribution in [0.25, 0.3) is 10.9 Å². The van der Waals surface area contributed by atoms with Crippen molar-refractivity contribution in [1.29, 1.82) is 0 Å². The lowest BCUT2D eigenvalue weighted by Crippen LogP contribution is -2.54. The zero-order valence-corrected chi connectivity index (χ0v) is 15.7. The standard InChI is InChI=1S/C18H23ClN4O3/c1-3-14-11-22(7-6-21(14)10-12(2)24)16-8-13-4-5-18(19)20-15(13)9-17(16)23(25)26/h4-5,8-9,12,14,24H,3,6-7,10-11H2,1-2H3/t12-,14-/m0/s1. The maximum absolute atomic E-state index is 11.6. The summed E-state index contributed by atoms with van der Waals surface area (Å²) >= 11 is 5.92. The molecule has 1 aromatic heterocycles. The van der Waals surface area contributed by atoms with Gasteiger partial charge >= 0.3 is 0 Å². The Morgan fingerprint density at radius 2 is 2.19 bits per heavy atom. The molecule has 0 saturated carbocycles. The molecule has 0 aliphatic carbocycles. The first-order chi connectivity index (χ1) is 12.4. The van der Waals surface area contributed by atoms with Crippen molar-refractivity contribution in [3.05, 3.63) is 39.5 Å². The van der Waals surface area contributed by atoms with Crippen molar-refractivity contribution in [2.75, 3.05) is 31.1 Å². The first kappa shape index (κ1) is 18.8. The van der Waals surface area contributed by atoms with Crippen LogP contribution in [0, 0.1) is 10.1 Å². The van der Waals surface area contributed by atoms with Crippen LogP contribution < -0.4 is 4.90 Å². The van der Waals surface area contributed by atoms with E-state index in [0.29, 0.717) is 36.0 Å². The van der Waals surface area contributed by atoms with Crippen LogP contribution in [0.5, 0.6) is 0 Å². The lowest BCUT2D eigenvalue weighted by molar-refractivity contribution is -0.384. The molecule has 140 valence electrons. The zero-order chi connectivity index (χ0) is 18.8. The average Bonchev–Trinajstić information content (AvgIpc) is 2.60. The second kappa shape index (κ2) is 7.73. The van der Waals surface area contributed by atoms with Gasteiger partial charge in [-0.15, -0.1) is 0 Å². The molecule has 3 rings (SSSR count). The van der Waals surface area contributed by atoms with Crippen molar-refractivity contribution >= 4 is 33.9 Å². The lowest BCUT2D eigenvalue weighted by Gasteiger charge is -2.42. The Kier molecular flexibility index (Phi) is 5.60. The minimum absolute atomic E-state index is 0.0473. The highest BCUT2D eigenvalue weighted by Gasteiger charge is 2.30. The molecule has 1 aromatic carbocycles. The fourth-order valence-electron chi connectivity index (χ4n) is 3.60. The molecule has 1 fully saturated rings. The van der Waals surface area contributed by atoms with Crippen LogP contribution in [0.3, 0.4) is 0 Å². The van der Waals surface area contributed by atoms with Gasteiger partial charge in [-0.3, -0.25) is 15.0 Å². The molecule has 0 amide bonds. The molecule has 2 heterocycles. The van der Waals surface area contributed by atoms with E-state index < -0.39 is 0 Å². The smallest absolute Gasteiger partial charge is 0.294 e. The number of nitro groups is 1. The summed E-state index contributed by atoms with van der Waals surface area (Å²) in [4.78, 5) is 19.8. The van der Waals surface area contributed by atoms with Gasteiger partial charge < -0.3 is 10.0 Å². The number of pyridine rings is 1. The van der Waals surface area contributed by atoms with E-state index in [2.05, 4.69) is 21.7 Å². The molecule has 2 atom stereocenters. The number of halogens is 1. The fourth-order valence-corrected chi connectivity index (χ4v) is 3.76. The highest BCUT2D eigenvalue weighted by molar-refractivity contribution is 6.29. The summed E-state index contributed by atoms with van der Waals surface area (Å²) in [6.07, 6.45) is 0.531. The number of aliphatic hydroxyl groups is 1. The summed E-state index contributed by atoms with van der Waals surface area (Å²) in [5.74, 6) is 0. The van der Waals surface area contributed by atoms with Crippen LogP contribution in [0.1, 0.15) is 20.3 Å². The summed E-state index contributed by atoms with van der Waals surface area (Å²) in [5, 5.41) is 22.5. The molecule has 0 unspecified atom stereocenters. The van der Waals surface area contributed by atoms with Gasteiger partial charge in [-0.25, -0.2) is 4.98 Å². The number of fused-ring (bicyclic) bond motifs is 1. The highest BCUT2D eigenvalue weighted by Crippen LogP contribution is 2.34. The van der Waals surface area contributed by atoms with E-state index in [9.17, 15) is 15.2 Å². The number of β-amino-alcohol motifs (C(OH)–C–C–N with tert-alkyl or cyclic N) is 1. The number of nitrogens with zero attached hydrogens (tertiary/aromatic N) is 4. The van der Waals surface area contributed by atoms with E-state index in [1.165, 1.54) is 6.07 Å². The van der Waals surface area contributed by atoms with Crippen molar-refractivity contribution in [3.63, 3.8) is 0 Å². The van der Waals surface area contributed by atoms with E-state index in [-0.39, 0.29) is 22.8 Å². The Balaban J connectivity index is 1.95. The highest BCUT2D eigenvalue weighted by atomic mass is 35.5. The number of aliphatic hydroxyl groups excluding tert-OH is 1. The average molecular weight is 379 g/mol. The number of hydrogen-bond acceptors (Lipinski definition) is 6. The predicted octanol–water partition coefficient (Wildman–Crippen LogP) is 3.08. The van der Waals surface area contributed by atoms with Crippen molar-refractivity contribution < 1.29 is 10.0 Å². The summed E-state index contributed by atoms with van der Waals surface area (Å²) < 4.78 is 0. The van der Waals surface area contributed by atoms with E-state index in [1.807, 2.05) is 12.1 Å². The number of hydrogen-bond donors (Lipinski definition) is 1. The zero-order valence-electron chi connectivity index (χ0n) is 14.9. The molecule has 8 heteroatoms. The Bertz CT molecular complexity index is 814. The number of anilines is 1. The molecular formula is C18H23ClN4O3. The first-order valence-corrected chi connectivity index (χ1v) is 9.18. The Morgan fingerprint density at radius 1 is 1.42 bits per heavy atom. The molecule has 0 radical (unpaired) electrons. The van der Waals surface area contributed by atoms with Gasteiger partial charge in [0.1, 0.15) is 10.8 Å². The van der Waals surface area contributed by atoms with E-state index in [1.54, 1.807) is 13.0 Å². The SMILES string of the molecule is CC[C@H]1CN(c2cc3ccc(Cl)nc3cc2[N+](=O)[O-])CCN1C[C@H](C)O. The maximum atomic E-state index is 11.6. The monoisotopic (exact) mass is 378 g/mol. The molecular weight excluding hydrogens is 356 g/mol. The molecule has 1 N–H and O–H groups in total. The first-order valence-electron chi connectivity index (χ1n) is 8.80. The Hall–Kier alpha value is -1.96. The number of aromatic nitrogens is 1. The minimum Gasteiger partial charge on any atom is -0.392 e. The quantitative estimate of drug-likeness (QED) is 0.489. The molecule has 0 bridgehead atoms. The molecule has 26 heavy (non-hydrogen) atoms. The van der Waals surface area contributed by atoms with E-state index in [0.717, 1.165) is 18.4 Å². The van der Waals surface area contributed by atoms with Gasteiger partial charge in [0.15, 0.2) is 0 Å². The maximum Gasteiger partial charge on any atom is 0.294 e. The van der Waals surface area contributed by atoms with Crippen LogP contribution >= 0.6 is 11.6 Å². The molecule has 0 spiro atoms. The van der Waals surface area contributed by atoms with Gasteiger partial charge in [-0.1, -0.05) is 18.5 Å². The summed E-state index contributed by atoms with van der Waals surface area (Å²) in [6, 6.07) is 7.10. The second-order valence-electron chi connectivity index (χ2n) is 6.78. The van der Waals surface area contributed by atoms with Crippen LogP contribution in [-0.4, -0.2) is 58.2 Å². The van der Waals surface area contributed by atoms with Gasteiger partial charge in [0.25, 0.3) is 5.69 Å². The summed E-state index contributed by atoms with van der Waals surface area (Å²) in [7, 11) is 0. The third-order valence-corrected chi connectivity index (χ3v) is 5.07. The van der Waals surface area contributed by atoms with Crippen molar-refractivity contribution in [1.82, 2.24) is 9.88 Å². The van der Waals surface area contributed by atoms with E-state index >= 15 is 0 Å². The molecule has 7 nitrogen and oxygen atoms in total. The van der Waals surface area contributed by atoms with Gasteiger partial charge in [0, 0.05) is 43.7 Å². The Labute approximate surface area is 157 Å². The number of rotatable bonds is 5.